The molecule has 1 aliphatic heterocycles. The summed E-state index contributed by atoms with van der Waals surface area (Å²) < 4.78 is 2.04. The minimum atomic E-state index is -0.211. The summed E-state index contributed by atoms with van der Waals surface area (Å²) in [5.74, 6) is 1.35. The third-order valence-electron chi connectivity index (χ3n) is 4.71. The van der Waals surface area contributed by atoms with E-state index in [9.17, 15) is 9.90 Å². The van der Waals surface area contributed by atoms with Crippen LogP contribution in [0.1, 0.15) is 44.0 Å². The van der Waals surface area contributed by atoms with Crippen molar-refractivity contribution in [2.45, 2.75) is 51.8 Å². The van der Waals surface area contributed by atoms with Crippen LogP contribution in [0.3, 0.4) is 0 Å². The number of aliphatic hydroxyl groups excluding tert-OH is 1. The van der Waals surface area contributed by atoms with Crippen LogP contribution < -0.4 is 5.32 Å². The predicted octanol–water partition coefficient (Wildman–Crippen LogP) is 2.60. The summed E-state index contributed by atoms with van der Waals surface area (Å²) in [7, 11) is 0. The number of carbonyl (C=O) groups is 1. The van der Waals surface area contributed by atoms with Crippen LogP contribution >= 0.6 is 0 Å². The quantitative estimate of drug-likeness (QED) is 0.800. The van der Waals surface area contributed by atoms with E-state index in [-0.39, 0.29) is 12.0 Å². The number of amides is 1. The number of hydrogen-bond donors (Lipinski definition) is 2. The van der Waals surface area contributed by atoms with Gasteiger partial charge in [-0.05, 0) is 24.1 Å². The molecule has 0 saturated carbocycles. The van der Waals surface area contributed by atoms with Gasteiger partial charge in [-0.3, -0.25) is 9.69 Å². The number of aliphatic hydroxyl groups is 1. The third kappa shape index (κ3) is 4.93. The monoisotopic (exact) mass is 356 g/mol. The van der Waals surface area contributed by atoms with Crippen molar-refractivity contribution in [1.29, 1.82) is 0 Å². The second-order valence-corrected chi connectivity index (χ2v) is 7.31. The lowest BCUT2D eigenvalue weighted by Crippen LogP contribution is -2.21. The van der Waals surface area contributed by atoms with Crippen LogP contribution in [0.5, 0.6) is 0 Å². The van der Waals surface area contributed by atoms with E-state index in [0.717, 1.165) is 43.1 Å². The lowest BCUT2D eigenvalue weighted by atomic mass is 10.2. The highest BCUT2D eigenvalue weighted by Gasteiger charge is 2.20. The van der Waals surface area contributed by atoms with E-state index in [1.165, 1.54) is 0 Å². The van der Waals surface area contributed by atoms with Crippen molar-refractivity contribution >= 4 is 11.6 Å². The van der Waals surface area contributed by atoms with Crippen molar-refractivity contribution in [2.24, 2.45) is 0 Å². The third-order valence-corrected chi connectivity index (χ3v) is 4.71. The molecule has 1 atom stereocenters. The van der Waals surface area contributed by atoms with Gasteiger partial charge in [-0.2, -0.15) is 0 Å². The first-order chi connectivity index (χ1) is 12.5. The number of likely N-dealkylation sites (tertiary alicyclic amines) is 1. The fourth-order valence-corrected chi connectivity index (χ4v) is 3.42. The molecule has 140 valence electrons. The van der Waals surface area contributed by atoms with Crippen molar-refractivity contribution in [3.05, 3.63) is 48.0 Å². The molecule has 3 rings (SSSR count). The molecule has 6 nitrogen and oxygen atoms in total. The maximum atomic E-state index is 12.3. The molecule has 2 heterocycles. The first kappa shape index (κ1) is 18.6. The number of nitrogens with zero attached hydrogens (tertiary/aromatic N) is 3. The lowest BCUT2D eigenvalue weighted by Gasteiger charge is -2.16. The number of aromatic nitrogens is 2. The molecule has 26 heavy (non-hydrogen) atoms. The van der Waals surface area contributed by atoms with Gasteiger partial charge in [0.05, 0.1) is 6.10 Å². The van der Waals surface area contributed by atoms with Gasteiger partial charge in [0.15, 0.2) is 0 Å². The highest BCUT2D eigenvalue weighted by molar-refractivity contribution is 5.90. The predicted molar refractivity (Wildman–Crippen MR) is 102 cm³/mol. The zero-order valence-electron chi connectivity index (χ0n) is 15.6. The number of β-amino-alcohol motifs (C(OH)–C–C–N with tert-alkyl or cyclic N) is 1. The van der Waals surface area contributed by atoms with Crippen LogP contribution in [0.25, 0.3) is 0 Å². The summed E-state index contributed by atoms with van der Waals surface area (Å²) in [5, 5.41) is 12.6. The fourth-order valence-electron chi connectivity index (χ4n) is 3.42. The van der Waals surface area contributed by atoms with Crippen molar-refractivity contribution < 1.29 is 9.90 Å². The normalized spacial score (nSPS) is 17.8. The number of imidazole rings is 1. The van der Waals surface area contributed by atoms with Gasteiger partial charge in [0.25, 0.3) is 0 Å². The van der Waals surface area contributed by atoms with Crippen LogP contribution in [0.2, 0.25) is 0 Å². The molecule has 2 N–H and O–H groups in total. The van der Waals surface area contributed by atoms with E-state index in [1.807, 2.05) is 29.0 Å². The van der Waals surface area contributed by atoms with Crippen molar-refractivity contribution in [1.82, 2.24) is 14.5 Å². The number of benzene rings is 1. The molecular formula is C20H28N4O2. The van der Waals surface area contributed by atoms with Crippen molar-refractivity contribution in [2.75, 3.05) is 18.4 Å². The van der Waals surface area contributed by atoms with Gasteiger partial charge in [0.1, 0.15) is 5.82 Å². The van der Waals surface area contributed by atoms with Gasteiger partial charge in [0, 0.05) is 56.6 Å². The summed E-state index contributed by atoms with van der Waals surface area (Å²) in [6.07, 6.45) is 4.75. The zero-order chi connectivity index (χ0) is 18.5. The molecule has 0 radical (unpaired) electrons. The molecule has 0 bridgehead atoms. The van der Waals surface area contributed by atoms with E-state index in [2.05, 4.69) is 35.1 Å². The van der Waals surface area contributed by atoms with E-state index in [0.29, 0.717) is 18.9 Å². The molecule has 0 aliphatic carbocycles. The highest BCUT2D eigenvalue weighted by atomic mass is 16.3. The minimum absolute atomic E-state index is 0.00199. The highest BCUT2D eigenvalue weighted by Crippen LogP contribution is 2.17. The Balaban J connectivity index is 1.52. The van der Waals surface area contributed by atoms with Crippen LogP contribution in [0, 0.1) is 0 Å². The van der Waals surface area contributed by atoms with E-state index < -0.39 is 0 Å². The Kier molecular flexibility index (Phi) is 6.06. The van der Waals surface area contributed by atoms with Crippen molar-refractivity contribution in [3.8, 4) is 0 Å². The molecule has 6 heteroatoms. The number of nitrogens with one attached hydrogen (secondary N) is 1. The summed E-state index contributed by atoms with van der Waals surface area (Å²) in [6, 6.07) is 7.95. The van der Waals surface area contributed by atoms with E-state index in [4.69, 9.17) is 0 Å². The Bertz CT molecular complexity index is 741. The number of anilines is 1. The summed E-state index contributed by atoms with van der Waals surface area (Å²) >= 11 is 0. The van der Waals surface area contributed by atoms with Gasteiger partial charge < -0.3 is 15.0 Å². The van der Waals surface area contributed by atoms with Crippen LogP contribution in [-0.2, 0) is 17.9 Å². The average Bonchev–Trinajstić information content (AvgIpc) is 3.22. The largest absolute Gasteiger partial charge is 0.392 e. The molecule has 1 aliphatic rings. The molecule has 1 amide bonds. The van der Waals surface area contributed by atoms with Gasteiger partial charge in [-0.15, -0.1) is 0 Å². The van der Waals surface area contributed by atoms with Gasteiger partial charge in [-0.1, -0.05) is 26.0 Å². The first-order valence-corrected chi connectivity index (χ1v) is 9.31. The van der Waals surface area contributed by atoms with Gasteiger partial charge in [0.2, 0.25) is 5.91 Å². The topological polar surface area (TPSA) is 70.4 Å². The number of rotatable bonds is 7. The molecule has 1 saturated heterocycles. The Labute approximate surface area is 154 Å². The zero-order valence-corrected chi connectivity index (χ0v) is 15.6. The SMILES string of the molecule is CC(C)c1nccn1CCC(=O)Nc1cccc(CN2CC[C@H](O)C2)c1. The van der Waals surface area contributed by atoms with Crippen LogP contribution in [0.4, 0.5) is 5.69 Å². The molecule has 1 aromatic carbocycles. The Morgan fingerprint density at radius 1 is 1.42 bits per heavy atom. The smallest absolute Gasteiger partial charge is 0.226 e. The fraction of sp³-hybridized carbons (Fsp3) is 0.500. The second kappa shape index (κ2) is 8.47. The number of hydrogen-bond acceptors (Lipinski definition) is 4. The molecular weight excluding hydrogens is 328 g/mol. The van der Waals surface area contributed by atoms with Gasteiger partial charge in [-0.25, -0.2) is 4.98 Å². The molecule has 2 aromatic rings. The van der Waals surface area contributed by atoms with Crippen molar-refractivity contribution in [3.63, 3.8) is 0 Å². The maximum absolute atomic E-state index is 12.3. The summed E-state index contributed by atoms with van der Waals surface area (Å²) in [5.41, 5.74) is 1.97. The molecule has 1 aromatic heterocycles. The molecule has 0 unspecified atom stereocenters. The second-order valence-electron chi connectivity index (χ2n) is 7.31. The number of carbonyl (C=O) groups excluding carboxylic acids is 1. The van der Waals surface area contributed by atoms with E-state index in [1.54, 1.807) is 6.20 Å². The van der Waals surface area contributed by atoms with Crippen LogP contribution in [0.15, 0.2) is 36.7 Å². The Hall–Kier alpha value is -2.18. The molecule has 0 spiro atoms. The Morgan fingerprint density at radius 3 is 3.00 bits per heavy atom. The maximum Gasteiger partial charge on any atom is 0.226 e. The van der Waals surface area contributed by atoms with E-state index >= 15 is 0 Å². The first-order valence-electron chi connectivity index (χ1n) is 9.31. The lowest BCUT2D eigenvalue weighted by molar-refractivity contribution is -0.116. The standard InChI is InChI=1S/C20H28N4O2/c1-15(2)20-21-8-11-24(20)10-7-19(26)22-17-5-3-4-16(12-17)13-23-9-6-18(25)14-23/h3-5,8,11-12,15,18,25H,6-7,9-10,13-14H2,1-2H3,(H,22,26)/t18-/m0/s1. The van der Waals surface area contributed by atoms with Crippen LogP contribution in [-0.4, -0.2) is 44.7 Å². The molecule has 1 fully saturated rings. The van der Waals surface area contributed by atoms with Gasteiger partial charge >= 0.3 is 0 Å². The summed E-state index contributed by atoms with van der Waals surface area (Å²) in [6.45, 7) is 7.27. The number of aryl methyl sites for hydroxylation is 1. The summed E-state index contributed by atoms with van der Waals surface area (Å²) in [4.78, 5) is 18.9. The minimum Gasteiger partial charge on any atom is -0.392 e. The average molecular weight is 356 g/mol. The Morgan fingerprint density at radius 2 is 2.27 bits per heavy atom.